The molecule has 0 aliphatic rings. The number of carbonyl (C=O) groups is 1. The molecule has 1 aromatic heterocycles. The van der Waals surface area contributed by atoms with Crippen LogP contribution in [0.3, 0.4) is 0 Å². The summed E-state index contributed by atoms with van der Waals surface area (Å²) in [6.07, 6.45) is 1.59. The number of ketones is 1. The maximum atomic E-state index is 10.7. The summed E-state index contributed by atoms with van der Waals surface area (Å²) in [7, 11) is 0. The van der Waals surface area contributed by atoms with Gasteiger partial charge in [-0.25, -0.2) is 9.67 Å². The van der Waals surface area contributed by atoms with E-state index in [1.54, 1.807) is 11.0 Å². The van der Waals surface area contributed by atoms with Crippen molar-refractivity contribution in [1.29, 1.82) is 0 Å². The third-order valence-corrected chi connectivity index (χ3v) is 1.46. The molecule has 1 rings (SSSR count). The third kappa shape index (κ3) is 2.15. The molecular weight excluding hydrogens is 154 g/mol. The lowest BCUT2D eigenvalue weighted by Gasteiger charge is -1.96. The van der Waals surface area contributed by atoms with Gasteiger partial charge in [-0.2, -0.15) is 5.10 Å². The molecular formula is C8H13N3O. The molecule has 0 saturated carbocycles. The molecule has 4 nitrogen and oxygen atoms in total. The van der Waals surface area contributed by atoms with Crippen LogP contribution in [0.2, 0.25) is 0 Å². The zero-order valence-electron chi connectivity index (χ0n) is 7.61. The summed E-state index contributed by atoms with van der Waals surface area (Å²) in [5.41, 5.74) is 0. The van der Waals surface area contributed by atoms with Gasteiger partial charge in [-0.1, -0.05) is 13.8 Å². The first kappa shape index (κ1) is 8.90. The van der Waals surface area contributed by atoms with Crippen molar-refractivity contribution in [3.05, 3.63) is 12.2 Å². The van der Waals surface area contributed by atoms with Crippen LogP contribution in [0.25, 0.3) is 0 Å². The van der Waals surface area contributed by atoms with Crippen LogP contribution < -0.4 is 0 Å². The van der Waals surface area contributed by atoms with Crippen molar-refractivity contribution in [2.24, 2.45) is 0 Å². The fraction of sp³-hybridized carbons (Fsp3) is 0.625. The zero-order chi connectivity index (χ0) is 9.14. The summed E-state index contributed by atoms with van der Waals surface area (Å²) in [6.45, 7) is 5.90. The molecule has 0 spiro atoms. The van der Waals surface area contributed by atoms with Crippen LogP contribution >= 0.6 is 0 Å². The summed E-state index contributed by atoms with van der Waals surface area (Å²) >= 11 is 0. The van der Waals surface area contributed by atoms with Gasteiger partial charge in [-0.05, 0) is 6.92 Å². The minimum absolute atomic E-state index is 0.0928. The number of aromatic nitrogens is 3. The average Bonchev–Trinajstić information content (AvgIpc) is 2.34. The topological polar surface area (TPSA) is 47.8 Å². The Hall–Kier alpha value is -1.19. The quantitative estimate of drug-likeness (QED) is 0.674. The Morgan fingerprint density at radius 3 is 2.75 bits per heavy atom. The second kappa shape index (κ2) is 3.47. The minimum atomic E-state index is 0.0928. The van der Waals surface area contributed by atoms with Crippen molar-refractivity contribution < 1.29 is 4.79 Å². The Kier molecular flexibility index (Phi) is 2.58. The fourth-order valence-electron chi connectivity index (χ4n) is 0.878. The van der Waals surface area contributed by atoms with Crippen molar-refractivity contribution in [3.63, 3.8) is 0 Å². The maximum absolute atomic E-state index is 10.7. The van der Waals surface area contributed by atoms with E-state index in [1.165, 1.54) is 6.92 Å². The van der Waals surface area contributed by atoms with Crippen molar-refractivity contribution in [3.8, 4) is 0 Å². The van der Waals surface area contributed by atoms with Gasteiger partial charge in [0.1, 0.15) is 12.9 Å². The van der Waals surface area contributed by atoms with Gasteiger partial charge in [-0.3, -0.25) is 4.79 Å². The van der Waals surface area contributed by atoms with E-state index in [9.17, 15) is 4.79 Å². The molecule has 66 valence electrons. The van der Waals surface area contributed by atoms with E-state index in [-0.39, 0.29) is 5.78 Å². The average molecular weight is 167 g/mol. The van der Waals surface area contributed by atoms with Gasteiger partial charge in [0.2, 0.25) is 0 Å². The van der Waals surface area contributed by atoms with E-state index in [2.05, 4.69) is 10.1 Å². The summed E-state index contributed by atoms with van der Waals surface area (Å²) < 4.78 is 1.57. The van der Waals surface area contributed by atoms with E-state index in [0.29, 0.717) is 12.5 Å². The highest BCUT2D eigenvalue weighted by Crippen LogP contribution is 2.06. The molecule has 0 fully saturated rings. The first-order chi connectivity index (χ1) is 5.59. The molecule has 0 bridgehead atoms. The van der Waals surface area contributed by atoms with E-state index >= 15 is 0 Å². The number of rotatable bonds is 3. The van der Waals surface area contributed by atoms with Crippen molar-refractivity contribution in [2.75, 3.05) is 0 Å². The molecule has 0 atom stereocenters. The van der Waals surface area contributed by atoms with Crippen LogP contribution in [0.4, 0.5) is 0 Å². The highest BCUT2D eigenvalue weighted by Gasteiger charge is 2.05. The molecule has 0 saturated heterocycles. The lowest BCUT2D eigenvalue weighted by atomic mass is 10.2. The van der Waals surface area contributed by atoms with Crippen LogP contribution in [0.1, 0.15) is 32.5 Å². The highest BCUT2D eigenvalue weighted by molar-refractivity contribution is 5.75. The molecule has 0 radical (unpaired) electrons. The predicted molar refractivity (Wildman–Crippen MR) is 44.8 cm³/mol. The lowest BCUT2D eigenvalue weighted by Crippen LogP contribution is -2.07. The van der Waals surface area contributed by atoms with Gasteiger partial charge in [0.25, 0.3) is 0 Å². The Morgan fingerprint density at radius 1 is 1.67 bits per heavy atom. The monoisotopic (exact) mass is 167 g/mol. The number of Topliss-reactive ketones (excluding diaryl/α,β-unsaturated/α-hetero) is 1. The third-order valence-electron chi connectivity index (χ3n) is 1.46. The van der Waals surface area contributed by atoms with Gasteiger partial charge in [-0.15, -0.1) is 0 Å². The molecule has 12 heavy (non-hydrogen) atoms. The first-order valence-electron chi connectivity index (χ1n) is 3.98. The van der Waals surface area contributed by atoms with Crippen molar-refractivity contribution >= 4 is 5.78 Å². The second-order valence-electron chi connectivity index (χ2n) is 3.16. The van der Waals surface area contributed by atoms with E-state index in [0.717, 1.165) is 5.82 Å². The Bertz CT molecular complexity index is 278. The smallest absolute Gasteiger partial charge is 0.153 e. The van der Waals surface area contributed by atoms with Gasteiger partial charge < -0.3 is 0 Å². The van der Waals surface area contributed by atoms with Gasteiger partial charge >= 0.3 is 0 Å². The Balaban J connectivity index is 2.70. The van der Waals surface area contributed by atoms with Crippen LogP contribution in [-0.4, -0.2) is 20.5 Å². The Labute approximate surface area is 71.6 Å². The van der Waals surface area contributed by atoms with Crippen LogP contribution in [0, 0.1) is 0 Å². The molecule has 1 aromatic rings. The minimum Gasteiger partial charge on any atom is -0.298 e. The Morgan fingerprint density at radius 2 is 2.33 bits per heavy atom. The van der Waals surface area contributed by atoms with Gasteiger partial charge in [0.15, 0.2) is 11.6 Å². The largest absolute Gasteiger partial charge is 0.298 e. The van der Waals surface area contributed by atoms with E-state index in [4.69, 9.17) is 0 Å². The first-order valence-corrected chi connectivity index (χ1v) is 3.98. The van der Waals surface area contributed by atoms with Crippen LogP contribution in [0.5, 0.6) is 0 Å². The maximum Gasteiger partial charge on any atom is 0.153 e. The number of hydrogen-bond donors (Lipinski definition) is 0. The fourth-order valence-corrected chi connectivity index (χ4v) is 0.878. The molecule has 0 N–H and O–H groups in total. The van der Waals surface area contributed by atoms with Gasteiger partial charge in [0.05, 0.1) is 0 Å². The number of hydrogen-bond acceptors (Lipinski definition) is 3. The second-order valence-corrected chi connectivity index (χ2v) is 3.16. The molecule has 0 amide bonds. The molecule has 4 heteroatoms. The van der Waals surface area contributed by atoms with Crippen LogP contribution in [0.15, 0.2) is 6.33 Å². The number of carbonyl (C=O) groups excluding carboxylic acids is 1. The highest BCUT2D eigenvalue weighted by atomic mass is 16.1. The molecule has 0 unspecified atom stereocenters. The van der Waals surface area contributed by atoms with Gasteiger partial charge in [0, 0.05) is 5.92 Å². The standard InChI is InChI=1S/C8H13N3O/c1-6(2)8-9-5-11(10-8)4-7(3)12/h5-6H,4H2,1-3H3. The predicted octanol–water partition coefficient (Wildman–Crippen LogP) is 0.990. The van der Waals surface area contributed by atoms with Crippen LogP contribution in [-0.2, 0) is 11.3 Å². The normalized spacial score (nSPS) is 10.7. The summed E-state index contributed by atoms with van der Waals surface area (Å²) in [4.78, 5) is 14.8. The molecule has 0 aliphatic carbocycles. The number of nitrogens with zero attached hydrogens (tertiary/aromatic N) is 3. The lowest BCUT2D eigenvalue weighted by molar-refractivity contribution is -0.117. The summed E-state index contributed by atoms with van der Waals surface area (Å²) in [6, 6.07) is 0. The van der Waals surface area contributed by atoms with E-state index in [1.807, 2.05) is 13.8 Å². The molecule has 0 aliphatic heterocycles. The molecule has 1 heterocycles. The SMILES string of the molecule is CC(=O)Cn1cnc(C(C)C)n1. The van der Waals surface area contributed by atoms with Crippen molar-refractivity contribution in [1.82, 2.24) is 14.8 Å². The van der Waals surface area contributed by atoms with Crippen molar-refractivity contribution in [2.45, 2.75) is 33.2 Å². The van der Waals surface area contributed by atoms with E-state index < -0.39 is 0 Å². The molecule has 0 aromatic carbocycles. The summed E-state index contributed by atoms with van der Waals surface area (Å²) in [5.74, 6) is 1.20. The zero-order valence-corrected chi connectivity index (χ0v) is 7.61. The summed E-state index contributed by atoms with van der Waals surface area (Å²) in [5, 5.41) is 4.13.